The minimum atomic E-state index is -0.213. The van der Waals surface area contributed by atoms with Gasteiger partial charge in [0.15, 0.2) is 0 Å². The average molecular weight is 261 g/mol. The Kier molecular flexibility index (Phi) is 6.30. The van der Waals surface area contributed by atoms with Gasteiger partial charge in [-0.25, -0.2) is 4.79 Å². The Morgan fingerprint density at radius 2 is 2.11 bits per heavy atom. The summed E-state index contributed by atoms with van der Waals surface area (Å²) < 4.78 is 5.29. The molecule has 0 fully saturated rings. The highest BCUT2D eigenvalue weighted by Gasteiger charge is 2.06. The molecule has 1 aromatic rings. The molecule has 1 aliphatic carbocycles. The van der Waals surface area contributed by atoms with Crippen LogP contribution < -0.4 is 21.6 Å². The zero-order valence-electron chi connectivity index (χ0n) is 12.2. The number of hydrogen-bond donors (Lipinski definition) is 1. The second-order valence-corrected chi connectivity index (χ2v) is 4.71. The fraction of sp³-hybridized carbons (Fsp3) is 0.438. The van der Waals surface area contributed by atoms with Gasteiger partial charge in [0, 0.05) is 10.8 Å². The second kappa shape index (κ2) is 7.74. The first-order chi connectivity index (χ1) is 9.10. The molecule has 1 aromatic heterocycles. The van der Waals surface area contributed by atoms with Gasteiger partial charge in [0.1, 0.15) is 5.42 Å². The average Bonchev–Trinajstić information content (AvgIpc) is 2.62. The molecule has 3 heteroatoms. The van der Waals surface area contributed by atoms with Gasteiger partial charge in [0.25, 0.3) is 0 Å². The lowest BCUT2D eigenvalue weighted by Crippen LogP contribution is -2.31. The molecule has 0 aliphatic heterocycles. The Morgan fingerprint density at radius 3 is 2.68 bits per heavy atom. The van der Waals surface area contributed by atoms with Crippen molar-refractivity contribution >= 4 is 12.2 Å². The normalized spacial score (nSPS) is 12.7. The summed E-state index contributed by atoms with van der Waals surface area (Å²) in [6, 6.07) is 1.93. The van der Waals surface area contributed by atoms with Crippen LogP contribution in [-0.2, 0) is 0 Å². The van der Waals surface area contributed by atoms with Crippen molar-refractivity contribution in [2.45, 2.75) is 33.1 Å². The lowest BCUT2D eigenvalue weighted by Gasteiger charge is -2.01. The summed E-state index contributed by atoms with van der Waals surface area (Å²) in [6.07, 6.45) is 8.75. The fourth-order valence-electron chi connectivity index (χ4n) is 1.63. The van der Waals surface area contributed by atoms with E-state index in [1.807, 2.05) is 51.3 Å². The summed E-state index contributed by atoms with van der Waals surface area (Å²) in [4.78, 5) is 11.6. The number of nitrogens with one attached hydrogen (secondary N) is 1. The van der Waals surface area contributed by atoms with Crippen molar-refractivity contribution in [3.8, 4) is 0 Å². The first-order valence-corrected chi connectivity index (χ1v) is 6.75. The molecule has 3 nitrogen and oxygen atoms in total. The van der Waals surface area contributed by atoms with E-state index in [0.29, 0.717) is 5.42 Å². The highest BCUT2D eigenvalue weighted by atomic mass is 16.4. The first kappa shape index (κ1) is 15.4. The van der Waals surface area contributed by atoms with Crippen LogP contribution >= 0.6 is 0 Å². The molecule has 0 atom stereocenters. The van der Waals surface area contributed by atoms with E-state index in [1.54, 1.807) is 0 Å². The molecular formula is C16H23NO2. The molecule has 0 bridgehead atoms. The summed E-state index contributed by atoms with van der Waals surface area (Å²) in [5.41, 5.74) is 1.22. The molecule has 19 heavy (non-hydrogen) atoms. The van der Waals surface area contributed by atoms with Crippen LogP contribution in [0.25, 0.3) is 12.2 Å². The predicted molar refractivity (Wildman–Crippen MR) is 80.6 cm³/mol. The predicted octanol–water partition coefficient (Wildman–Crippen LogP) is 1.51. The lowest BCUT2D eigenvalue weighted by molar-refractivity contribution is 0.461. The lowest BCUT2D eigenvalue weighted by atomic mass is 10.1. The monoisotopic (exact) mass is 261 g/mol. The van der Waals surface area contributed by atoms with Crippen LogP contribution in [0.3, 0.4) is 0 Å². The van der Waals surface area contributed by atoms with Gasteiger partial charge >= 0.3 is 5.63 Å². The second-order valence-electron chi connectivity index (χ2n) is 4.71. The van der Waals surface area contributed by atoms with E-state index in [1.165, 1.54) is 0 Å². The minimum absolute atomic E-state index is 0.201. The van der Waals surface area contributed by atoms with E-state index in [9.17, 15) is 4.79 Å². The van der Waals surface area contributed by atoms with Crippen molar-refractivity contribution in [3.05, 3.63) is 44.8 Å². The molecular weight excluding hydrogens is 238 g/mol. The van der Waals surface area contributed by atoms with Crippen LogP contribution in [-0.4, -0.2) is 13.6 Å². The third-order valence-electron chi connectivity index (χ3n) is 2.86. The van der Waals surface area contributed by atoms with Crippen LogP contribution in [0.1, 0.15) is 38.7 Å². The molecule has 0 saturated carbocycles. The van der Waals surface area contributed by atoms with Crippen LogP contribution in [0.4, 0.5) is 0 Å². The Hall–Kier alpha value is -1.61. The van der Waals surface area contributed by atoms with Gasteiger partial charge in [0.2, 0.25) is 0 Å². The smallest absolute Gasteiger partial charge is 0.339 e. The Labute approximate surface area is 114 Å². The maximum Gasteiger partial charge on any atom is 0.339 e. The minimum Gasteiger partial charge on any atom is -0.423 e. The quantitative estimate of drug-likeness (QED) is 0.877. The van der Waals surface area contributed by atoms with Crippen LogP contribution in [0.2, 0.25) is 0 Å². The molecule has 0 unspecified atom stereocenters. The maximum absolute atomic E-state index is 11.6. The molecule has 0 spiro atoms. The Morgan fingerprint density at radius 1 is 1.42 bits per heavy atom. The zero-order chi connectivity index (χ0) is 14.3. The molecule has 0 radical (unpaired) electrons. The molecule has 104 valence electrons. The van der Waals surface area contributed by atoms with Gasteiger partial charge in [-0.05, 0) is 38.1 Å². The molecule has 1 heterocycles. The summed E-state index contributed by atoms with van der Waals surface area (Å²) in [5, 5.41) is 3.92. The van der Waals surface area contributed by atoms with Gasteiger partial charge in [0.05, 0.1) is 0 Å². The number of allylic oxidation sites excluding steroid dienone is 2. The van der Waals surface area contributed by atoms with Crippen LogP contribution in [0, 0.1) is 0 Å². The molecule has 0 aromatic carbocycles. The van der Waals surface area contributed by atoms with Crippen molar-refractivity contribution in [3.63, 3.8) is 0 Å². The van der Waals surface area contributed by atoms with E-state index in [-0.39, 0.29) is 11.5 Å². The van der Waals surface area contributed by atoms with Gasteiger partial charge in [-0.15, -0.1) is 0 Å². The van der Waals surface area contributed by atoms with Gasteiger partial charge in [-0.1, -0.05) is 39.0 Å². The molecule has 0 saturated heterocycles. The van der Waals surface area contributed by atoms with Crippen molar-refractivity contribution in [1.82, 2.24) is 5.32 Å². The summed E-state index contributed by atoms with van der Waals surface area (Å²) >= 11 is 0. The third-order valence-corrected chi connectivity index (χ3v) is 2.86. The molecule has 1 N–H and O–H groups in total. The van der Waals surface area contributed by atoms with E-state index >= 15 is 0 Å². The Bertz CT molecular complexity index is 592. The number of rotatable bonds is 2. The van der Waals surface area contributed by atoms with Crippen molar-refractivity contribution in [1.29, 1.82) is 0 Å². The van der Waals surface area contributed by atoms with Gasteiger partial charge in [-0.2, -0.15) is 0 Å². The van der Waals surface area contributed by atoms with Crippen LogP contribution in [0.5, 0.6) is 0 Å². The Balaban J connectivity index is 0.000000399. The topological polar surface area (TPSA) is 42.2 Å². The highest BCUT2D eigenvalue weighted by molar-refractivity contribution is 5.42. The van der Waals surface area contributed by atoms with Gasteiger partial charge in [-0.3, -0.25) is 0 Å². The standard InChI is InChI=1S/C13H14O2.C3H9N/c1-9(2)11-8-10-6-4-3-5-7-12(10)15-13(11)14;1-3-4-2/h3-4,6-9H,5H2,1-2H3;4H,3H2,1-2H3. The third kappa shape index (κ3) is 4.52. The summed E-state index contributed by atoms with van der Waals surface area (Å²) in [6.45, 7) is 7.13. The zero-order valence-corrected chi connectivity index (χ0v) is 12.2. The SMILES string of the molecule is CC(C)c1cc2c(oc1=O)=CCC=CC=2.CCNC. The van der Waals surface area contributed by atoms with E-state index in [2.05, 4.69) is 12.2 Å². The van der Waals surface area contributed by atoms with Crippen molar-refractivity contribution in [2.24, 2.45) is 0 Å². The fourth-order valence-corrected chi connectivity index (χ4v) is 1.63. The molecule has 1 aliphatic rings. The molecule has 2 rings (SSSR count). The van der Waals surface area contributed by atoms with Crippen LogP contribution in [0.15, 0.2) is 27.4 Å². The first-order valence-electron chi connectivity index (χ1n) is 6.75. The summed E-state index contributed by atoms with van der Waals surface area (Å²) in [5.74, 6) is 0.201. The number of fused-ring (bicyclic) bond motifs is 1. The van der Waals surface area contributed by atoms with Crippen molar-refractivity contribution < 1.29 is 4.42 Å². The number of hydrogen-bond acceptors (Lipinski definition) is 3. The summed E-state index contributed by atoms with van der Waals surface area (Å²) in [7, 11) is 1.93. The van der Waals surface area contributed by atoms with E-state index < -0.39 is 0 Å². The van der Waals surface area contributed by atoms with Crippen molar-refractivity contribution in [2.75, 3.05) is 13.6 Å². The van der Waals surface area contributed by atoms with E-state index in [0.717, 1.165) is 23.7 Å². The van der Waals surface area contributed by atoms with Gasteiger partial charge < -0.3 is 9.73 Å². The van der Waals surface area contributed by atoms with E-state index in [4.69, 9.17) is 4.42 Å². The highest BCUT2D eigenvalue weighted by Crippen LogP contribution is 2.05. The molecule has 0 amide bonds. The maximum atomic E-state index is 11.6. The largest absolute Gasteiger partial charge is 0.423 e.